The van der Waals surface area contributed by atoms with Crippen molar-refractivity contribution in [3.8, 4) is 11.5 Å². The van der Waals surface area contributed by atoms with E-state index in [0.29, 0.717) is 31.8 Å². The Morgan fingerprint density at radius 1 is 1.03 bits per heavy atom. The van der Waals surface area contributed by atoms with Crippen molar-refractivity contribution in [3.63, 3.8) is 0 Å². The zero-order valence-corrected chi connectivity index (χ0v) is 21.3. The van der Waals surface area contributed by atoms with Gasteiger partial charge in [0.1, 0.15) is 16.4 Å². The zero-order chi connectivity index (χ0) is 25.0. The summed E-state index contributed by atoms with van der Waals surface area (Å²) in [5, 5.41) is 2.09. The maximum absolute atomic E-state index is 13.4. The average molecular weight is 497 g/mol. The first-order valence-electron chi connectivity index (χ1n) is 11.9. The Hall–Kier alpha value is -3.10. The summed E-state index contributed by atoms with van der Waals surface area (Å²) in [5.74, 6) is 0.706. The number of benzene rings is 3. The molecule has 1 saturated heterocycles. The van der Waals surface area contributed by atoms with E-state index >= 15 is 0 Å². The van der Waals surface area contributed by atoms with Crippen molar-refractivity contribution in [2.45, 2.75) is 37.6 Å². The van der Waals surface area contributed by atoms with E-state index < -0.39 is 10.0 Å². The summed E-state index contributed by atoms with van der Waals surface area (Å²) in [6, 6.07) is 16.6. The smallest absolute Gasteiger partial charge is 0.253 e. The lowest BCUT2D eigenvalue weighted by molar-refractivity contribution is 0.0784. The minimum absolute atomic E-state index is 0.0262. The Balaban J connectivity index is 1.66. The fourth-order valence-electron chi connectivity index (χ4n) is 4.43. The number of rotatable bonds is 9. The minimum Gasteiger partial charge on any atom is -0.495 e. The summed E-state index contributed by atoms with van der Waals surface area (Å²) in [4.78, 5) is 15.1. The van der Waals surface area contributed by atoms with Gasteiger partial charge in [-0.1, -0.05) is 37.3 Å². The number of nitrogens with zero attached hydrogens (tertiary/aromatic N) is 2. The van der Waals surface area contributed by atoms with Crippen LogP contribution in [0.15, 0.2) is 59.5 Å². The van der Waals surface area contributed by atoms with Crippen LogP contribution in [0.25, 0.3) is 10.8 Å². The Labute approximate surface area is 207 Å². The second-order valence-corrected chi connectivity index (χ2v) is 10.7. The lowest BCUT2D eigenvalue weighted by atomic mass is 10.0. The number of carbonyl (C=O) groups is 1. The summed E-state index contributed by atoms with van der Waals surface area (Å²) in [5.41, 5.74) is 1.22. The molecule has 0 atom stereocenters. The van der Waals surface area contributed by atoms with Gasteiger partial charge in [-0.2, -0.15) is 4.31 Å². The first-order valence-corrected chi connectivity index (χ1v) is 13.4. The number of methoxy groups -OCH3 is 1. The first kappa shape index (κ1) is 25.0. The Bertz CT molecular complexity index is 1320. The van der Waals surface area contributed by atoms with Crippen LogP contribution in [0.2, 0.25) is 0 Å². The van der Waals surface area contributed by atoms with Crippen LogP contribution in [0.4, 0.5) is 0 Å². The number of ether oxygens (including phenoxy) is 2. The maximum Gasteiger partial charge on any atom is 0.253 e. The van der Waals surface area contributed by atoms with Crippen molar-refractivity contribution in [2.75, 3.05) is 33.9 Å². The third kappa shape index (κ3) is 5.13. The van der Waals surface area contributed by atoms with Crippen molar-refractivity contribution >= 4 is 26.7 Å². The van der Waals surface area contributed by atoms with E-state index in [1.807, 2.05) is 43.3 Å². The lowest BCUT2D eigenvalue weighted by Gasteiger charge is -2.22. The molecule has 0 aliphatic carbocycles. The van der Waals surface area contributed by atoms with Gasteiger partial charge in [-0.15, -0.1) is 0 Å². The van der Waals surface area contributed by atoms with Gasteiger partial charge in [0.2, 0.25) is 10.0 Å². The third-order valence-corrected chi connectivity index (χ3v) is 8.21. The molecule has 186 valence electrons. The highest BCUT2D eigenvalue weighted by Crippen LogP contribution is 2.32. The first-order chi connectivity index (χ1) is 16.9. The molecule has 0 aromatic heterocycles. The van der Waals surface area contributed by atoms with E-state index in [4.69, 9.17) is 9.47 Å². The molecular weight excluding hydrogens is 464 g/mol. The highest BCUT2D eigenvalue weighted by molar-refractivity contribution is 7.89. The van der Waals surface area contributed by atoms with Crippen LogP contribution in [-0.2, 0) is 16.6 Å². The highest BCUT2D eigenvalue weighted by Gasteiger charge is 2.31. The van der Waals surface area contributed by atoms with Gasteiger partial charge < -0.3 is 14.4 Å². The number of sulfonamides is 1. The molecule has 0 radical (unpaired) electrons. The molecule has 1 fully saturated rings. The van der Waals surface area contributed by atoms with Crippen molar-refractivity contribution in [3.05, 3.63) is 65.7 Å². The van der Waals surface area contributed by atoms with E-state index in [9.17, 15) is 13.2 Å². The number of amides is 1. The van der Waals surface area contributed by atoms with E-state index in [0.717, 1.165) is 41.3 Å². The molecule has 8 heteroatoms. The molecule has 0 bridgehead atoms. The minimum atomic E-state index is -3.75. The third-order valence-electron chi connectivity index (χ3n) is 6.29. The molecule has 1 amide bonds. The molecular formula is C27H32N2O5S. The van der Waals surface area contributed by atoms with Crippen molar-refractivity contribution < 1.29 is 22.7 Å². The molecule has 1 heterocycles. The summed E-state index contributed by atoms with van der Waals surface area (Å²) in [6.45, 7) is 3.91. The quantitative estimate of drug-likeness (QED) is 0.429. The SMILES string of the molecule is CCCOc1ccc2ccccc2c1CN(C)C(=O)c1ccc(OC)c(S(=O)(=O)N2CCCC2)c1. The number of fused-ring (bicyclic) bond motifs is 1. The van der Waals surface area contributed by atoms with Gasteiger partial charge in [0, 0.05) is 37.8 Å². The molecule has 0 unspecified atom stereocenters. The van der Waals surface area contributed by atoms with Gasteiger partial charge in [0.15, 0.2) is 0 Å². The molecule has 3 aromatic carbocycles. The van der Waals surface area contributed by atoms with Crippen LogP contribution in [-0.4, -0.2) is 57.4 Å². The molecule has 0 N–H and O–H groups in total. The molecule has 0 saturated carbocycles. The number of hydrogen-bond acceptors (Lipinski definition) is 5. The van der Waals surface area contributed by atoms with E-state index in [-0.39, 0.29) is 16.6 Å². The standard InChI is InChI=1S/C27H32N2O5S/c1-4-17-34-24-13-11-20-9-5-6-10-22(20)23(24)19-28(2)27(30)21-12-14-25(33-3)26(18-21)35(31,32)29-15-7-8-16-29/h5-6,9-14,18H,4,7-8,15-17,19H2,1-3H3. The van der Waals surface area contributed by atoms with Crippen LogP contribution in [0, 0.1) is 0 Å². The van der Waals surface area contributed by atoms with Gasteiger partial charge >= 0.3 is 0 Å². The topological polar surface area (TPSA) is 76.1 Å². The van der Waals surface area contributed by atoms with Gasteiger partial charge in [-0.05, 0) is 54.3 Å². The molecule has 4 rings (SSSR count). The highest BCUT2D eigenvalue weighted by atomic mass is 32.2. The predicted molar refractivity (Wildman–Crippen MR) is 137 cm³/mol. The Morgan fingerprint density at radius 3 is 2.46 bits per heavy atom. The Kier molecular flexibility index (Phi) is 7.62. The summed E-state index contributed by atoms with van der Waals surface area (Å²) < 4.78 is 39.3. The van der Waals surface area contributed by atoms with Crippen molar-refractivity contribution in [2.24, 2.45) is 0 Å². The molecule has 1 aliphatic heterocycles. The normalized spacial score (nSPS) is 14.3. The zero-order valence-electron chi connectivity index (χ0n) is 20.5. The summed E-state index contributed by atoms with van der Waals surface area (Å²) in [6.07, 6.45) is 2.54. The van der Waals surface area contributed by atoms with Crippen molar-refractivity contribution in [1.82, 2.24) is 9.21 Å². The molecule has 3 aromatic rings. The van der Waals surface area contributed by atoms with Gasteiger partial charge in [-0.25, -0.2) is 8.42 Å². The van der Waals surface area contributed by atoms with Gasteiger partial charge in [-0.3, -0.25) is 4.79 Å². The average Bonchev–Trinajstić information content (AvgIpc) is 3.43. The lowest BCUT2D eigenvalue weighted by Crippen LogP contribution is -2.29. The largest absolute Gasteiger partial charge is 0.495 e. The fraction of sp³-hybridized carbons (Fsp3) is 0.370. The van der Waals surface area contributed by atoms with E-state index in [1.54, 1.807) is 24.1 Å². The van der Waals surface area contributed by atoms with E-state index in [2.05, 4.69) is 0 Å². The predicted octanol–water partition coefficient (Wildman–Crippen LogP) is 4.69. The van der Waals surface area contributed by atoms with Gasteiger partial charge in [0.05, 0.1) is 13.7 Å². The van der Waals surface area contributed by atoms with Crippen LogP contribution in [0.1, 0.15) is 42.1 Å². The van der Waals surface area contributed by atoms with Crippen LogP contribution in [0.3, 0.4) is 0 Å². The second kappa shape index (κ2) is 10.7. The summed E-state index contributed by atoms with van der Waals surface area (Å²) in [7, 11) is -0.601. The van der Waals surface area contributed by atoms with Crippen molar-refractivity contribution in [1.29, 1.82) is 0 Å². The fourth-order valence-corrected chi connectivity index (χ4v) is 6.13. The molecule has 1 aliphatic rings. The molecule has 0 spiro atoms. The van der Waals surface area contributed by atoms with E-state index in [1.165, 1.54) is 17.5 Å². The summed E-state index contributed by atoms with van der Waals surface area (Å²) >= 11 is 0. The van der Waals surface area contributed by atoms with Crippen LogP contribution >= 0.6 is 0 Å². The number of carbonyl (C=O) groups excluding carboxylic acids is 1. The van der Waals surface area contributed by atoms with Crippen LogP contribution in [0.5, 0.6) is 11.5 Å². The number of hydrogen-bond donors (Lipinski definition) is 0. The van der Waals surface area contributed by atoms with Crippen LogP contribution < -0.4 is 9.47 Å². The Morgan fingerprint density at radius 2 is 1.74 bits per heavy atom. The monoisotopic (exact) mass is 496 g/mol. The molecule has 7 nitrogen and oxygen atoms in total. The second-order valence-electron chi connectivity index (χ2n) is 8.75. The maximum atomic E-state index is 13.4. The molecule has 35 heavy (non-hydrogen) atoms. The van der Waals surface area contributed by atoms with Gasteiger partial charge in [0.25, 0.3) is 5.91 Å².